The quantitative estimate of drug-likeness (QED) is 0.747. The fourth-order valence-corrected chi connectivity index (χ4v) is 2.59. The number of nitrogens with one attached hydrogen (secondary N) is 1. The van der Waals surface area contributed by atoms with Crippen molar-refractivity contribution in [2.45, 2.75) is 51.1 Å². The second-order valence-electron chi connectivity index (χ2n) is 5.10. The third-order valence-electron chi connectivity index (χ3n) is 3.90. The van der Waals surface area contributed by atoms with Crippen LogP contribution in [0.2, 0.25) is 0 Å². The Morgan fingerprint density at radius 1 is 1.27 bits per heavy atom. The molecule has 1 N–H and O–H groups in total. The van der Waals surface area contributed by atoms with Crippen LogP contribution in [0.15, 0.2) is 0 Å². The van der Waals surface area contributed by atoms with Gasteiger partial charge in [0.25, 0.3) is 0 Å². The summed E-state index contributed by atoms with van der Waals surface area (Å²) in [5.74, 6) is 0.999. The molecule has 1 amide bonds. The van der Waals surface area contributed by atoms with Crippen LogP contribution in [0.25, 0.3) is 0 Å². The average molecular weight is 210 g/mol. The maximum absolute atomic E-state index is 12.2. The molecule has 0 aromatic carbocycles. The second-order valence-corrected chi connectivity index (χ2v) is 5.10. The molecule has 0 aromatic rings. The molecule has 0 aromatic heterocycles. The van der Waals surface area contributed by atoms with Crippen molar-refractivity contribution in [3.8, 4) is 0 Å². The minimum Gasteiger partial charge on any atom is -0.338 e. The maximum Gasteiger partial charge on any atom is 0.239 e. The fraction of sp³-hybridized carbons (Fsp3) is 0.917. The Kier molecular flexibility index (Phi) is 3.29. The van der Waals surface area contributed by atoms with E-state index in [1.54, 1.807) is 0 Å². The van der Waals surface area contributed by atoms with Gasteiger partial charge in [0.05, 0.1) is 6.04 Å². The van der Waals surface area contributed by atoms with Crippen molar-refractivity contribution in [2.24, 2.45) is 5.92 Å². The molecule has 0 spiro atoms. The van der Waals surface area contributed by atoms with E-state index in [1.165, 1.54) is 25.7 Å². The lowest BCUT2D eigenvalue weighted by Crippen LogP contribution is -2.51. The van der Waals surface area contributed by atoms with Gasteiger partial charge in [0.1, 0.15) is 0 Å². The molecule has 3 heteroatoms. The highest BCUT2D eigenvalue weighted by Crippen LogP contribution is 2.29. The number of likely N-dealkylation sites (N-methyl/N-ethyl adjacent to an activating group) is 1. The number of carbonyl (C=O) groups excluding carboxylic acids is 1. The number of hydrogen-bond acceptors (Lipinski definition) is 2. The molecular formula is C12H22N2O. The molecule has 86 valence electrons. The number of likely N-dealkylation sites (tertiary alicyclic amines) is 1. The van der Waals surface area contributed by atoms with Crippen molar-refractivity contribution in [2.75, 3.05) is 13.6 Å². The second kappa shape index (κ2) is 4.52. The lowest BCUT2D eigenvalue weighted by molar-refractivity contribution is -0.137. The van der Waals surface area contributed by atoms with Gasteiger partial charge in [-0.05, 0) is 45.1 Å². The topological polar surface area (TPSA) is 32.3 Å². The van der Waals surface area contributed by atoms with Gasteiger partial charge in [-0.25, -0.2) is 0 Å². The summed E-state index contributed by atoms with van der Waals surface area (Å²) in [6.45, 7) is 3.23. The molecule has 1 saturated carbocycles. The molecule has 2 rings (SSSR count). The van der Waals surface area contributed by atoms with Gasteiger partial charge in [0, 0.05) is 12.6 Å². The van der Waals surface area contributed by atoms with E-state index in [4.69, 9.17) is 0 Å². The van der Waals surface area contributed by atoms with Gasteiger partial charge >= 0.3 is 0 Å². The summed E-state index contributed by atoms with van der Waals surface area (Å²) in [6.07, 6.45) is 5.90. The summed E-state index contributed by atoms with van der Waals surface area (Å²) in [5.41, 5.74) is 0. The van der Waals surface area contributed by atoms with Gasteiger partial charge in [-0.2, -0.15) is 0 Å². The van der Waals surface area contributed by atoms with Gasteiger partial charge in [-0.1, -0.05) is 6.92 Å². The first-order chi connectivity index (χ1) is 7.22. The molecule has 1 aliphatic carbocycles. The monoisotopic (exact) mass is 210 g/mol. The molecule has 3 nitrogen and oxygen atoms in total. The number of carbonyl (C=O) groups is 1. The Labute approximate surface area is 92.2 Å². The Hall–Kier alpha value is -0.570. The Balaban J connectivity index is 2.07. The Morgan fingerprint density at radius 3 is 2.53 bits per heavy atom. The van der Waals surface area contributed by atoms with Crippen LogP contribution in [-0.2, 0) is 4.79 Å². The summed E-state index contributed by atoms with van der Waals surface area (Å²) < 4.78 is 0. The van der Waals surface area contributed by atoms with E-state index in [1.807, 2.05) is 7.05 Å². The average Bonchev–Trinajstić information content (AvgIpc) is 2.26. The van der Waals surface area contributed by atoms with Crippen molar-refractivity contribution >= 4 is 5.91 Å². The molecule has 1 aliphatic heterocycles. The zero-order valence-corrected chi connectivity index (χ0v) is 9.83. The smallest absolute Gasteiger partial charge is 0.239 e. The molecular weight excluding hydrogens is 188 g/mol. The van der Waals surface area contributed by atoms with E-state index in [2.05, 4.69) is 17.1 Å². The Bertz CT molecular complexity index is 238. The first-order valence-electron chi connectivity index (χ1n) is 6.20. The normalized spacial score (nSPS) is 33.7. The van der Waals surface area contributed by atoms with Crippen LogP contribution in [0.1, 0.15) is 39.0 Å². The molecule has 1 heterocycles. The van der Waals surface area contributed by atoms with Gasteiger partial charge in [-0.15, -0.1) is 0 Å². The molecule has 1 saturated heterocycles. The van der Waals surface area contributed by atoms with E-state index in [0.29, 0.717) is 17.9 Å². The first-order valence-corrected chi connectivity index (χ1v) is 6.20. The van der Waals surface area contributed by atoms with Gasteiger partial charge in [0.2, 0.25) is 5.91 Å². The molecule has 0 bridgehead atoms. The largest absolute Gasteiger partial charge is 0.338 e. The van der Waals surface area contributed by atoms with Crippen LogP contribution >= 0.6 is 0 Å². The van der Waals surface area contributed by atoms with Crippen LogP contribution in [0, 0.1) is 5.92 Å². The molecule has 15 heavy (non-hydrogen) atoms. The number of rotatable bonds is 2. The SMILES string of the molecule is CNC1CCC(C)CN(C2CCC2)C1=O. The summed E-state index contributed by atoms with van der Waals surface area (Å²) >= 11 is 0. The predicted molar refractivity (Wildman–Crippen MR) is 60.6 cm³/mol. The molecule has 2 fully saturated rings. The molecule has 2 atom stereocenters. The van der Waals surface area contributed by atoms with Crippen LogP contribution in [0.3, 0.4) is 0 Å². The summed E-state index contributed by atoms with van der Waals surface area (Å²) in [5, 5.41) is 3.16. The lowest BCUT2D eigenvalue weighted by Gasteiger charge is -2.39. The number of amides is 1. The highest BCUT2D eigenvalue weighted by Gasteiger charge is 2.35. The minimum absolute atomic E-state index is 0.0653. The van der Waals surface area contributed by atoms with E-state index in [-0.39, 0.29) is 6.04 Å². The van der Waals surface area contributed by atoms with Gasteiger partial charge in [-0.3, -0.25) is 4.79 Å². The number of hydrogen-bond donors (Lipinski definition) is 1. The van der Waals surface area contributed by atoms with Crippen LogP contribution in [0.5, 0.6) is 0 Å². The predicted octanol–water partition coefficient (Wildman–Crippen LogP) is 1.39. The fourth-order valence-electron chi connectivity index (χ4n) is 2.59. The van der Waals surface area contributed by atoms with Crippen molar-refractivity contribution in [1.82, 2.24) is 10.2 Å². The van der Waals surface area contributed by atoms with Crippen molar-refractivity contribution < 1.29 is 4.79 Å². The van der Waals surface area contributed by atoms with Crippen molar-refractivity contribution in [3.63, 3.8) is 0 Å². The summed E-state index contributed by atoms with van der Waals surface area (Å²) in [7, 11) is 1.90. The standard InChI is InChI=1S/C12H22N2O/c1-9-6-7-11(13-2)12(15)14(8-9)10-4-3-5-10/h9-11,13H,3-8H2,1-2H3. The molecule has 2 aliphatic rings. The highest BCUT2D eigenvalue weighted by atomic mass is 16.2. The minimum atomic E-state index is 0.0653. The van der Waals surface area contributed by atoms with Crippen LogP contribution < -0.4 is 5.32 Å². The van der Waals surface area contributed by atoms with E-state index >= 15 is 0 Å². The summed E-state index contributed by atoms with van der Waals surface area (Å²) in [6, 6.07) is 0.615. The third kappa shape index (κ3) is 2.17. The third-order valence-corrected chi connectivity index (χ3v) is 3.90. The first kappa shape index (κ1) is 10.9. The molecule has 0 radical (unpaired) electrons. The van der Waals surface area contributed by atoms with Crippen LogP contribution in [0.4, 0.5) is 0 Å². The number of nitrogens with zero attached hydrogens (tertiary/aromatic N) is 1. The zero-order chi connectivity index (χ0) is 10.8. The van der Waals surface area contributed by atoms with Gasteiger partial charge < -0.3 is 10.2 Å². The van der Waals surface area contributed by atoms with E-state index in [9.17, 15) is 4.79 Å². The highest BCUT2D eigenvalue weighted by molar-refractivity contribution is 5.82. The van der Waals surface area contributed by atoms with E-state index in [0.717, 1.165) is 13.0 Å². The van der Waals surface area contributed by atoms with Crippen LogP contribution in [-0.4, -0.2) is 36.5 Å². The zero-order valence-electron chi connectivity index (χ0n) is 9.83. The maximum atomic E-state index is 12.2. The molecule has 2 unspecified atom stereocenters. The van der Waals surface area contributed by atoms with Crippen molar-refractivity contribution in [3.05, 3.63) is 0 Å². The van der Waals surface area contributed by atoms with Crippen molar-refractivity contribution in [1.29, 1.82) is 0 Å². The Morgan fingerprint density at radius 2 is 2.00 bits per heavy atom. The summed E-state index contributed by atoms with van der Waals surface area (Å²) in [4.78, 5) is 14.4. The lowest BCUT2D eigenvalue weighted by atomic mass is 9.90. The van der Waals surface area contributed by atoms with Gasteiger partial charge in [0.15, 0.2) is 0 Å². The van der Waals surface area contributed by atoms with E-state index < -0.39 is 0 Å².